The number of hydrogen-bond acceptors (Lipinski definition) is 6. The monoisotopic (exact) mass is 407 g/mol. The lowest BCUT2D eigenvalue weighted by molar-refractivity contribution is -0.155. The van der Waals surface area contributed by atoms with Gasteiger partial charge in [0.1, 0.15) is 12.6 Å². The molecule has 3 rings (SSSR count). The number of benzene rings is 2. The number of hydrogen-bond donors (Lipinski definition) is 1. The fourth-order valence-electron chi connectivity index (χ4n) is 2.98. The quantitative estimate of drug-likeness (QED) is 0.737. The zero-order valence-corrected chi connectivity index (χ0v) is 16.4. The summed E-state index contributed by atoms with van der Waals surface area (Å²) in [6, 6.07) is 16.8. The molecule has 0 aromatic heterocycles. The van der Waals surface area contributed by atoms with E-state index in [1.807, 2.05) is 36.4 Å². The first-order valence-electron chi connectivity index (χ1n) is 9.47. The first-order chi connectivity index (χ1) is 14.5. The van der Waals surface area contributed by atoms with Crippen molar-refractivity contribution in [2.75, 3.05) is 11.4 Å². The lowest BCUT2D eigenvalue weighted by Gasteiger charge is -2.18. The molecule has 1 fully saturated rings. The molecule has 30 heavy (non-hydrogen) atoms. The van der Waals surface area contributed by atoms with Crippen molar-refractivity contribution < 1.29 is 23.9 Å². The molecule has 2 aromatic carbocycles. The van der Waals surface area contributed by atoms with Crippen LogP contribution in [-0.4, -0.2) is 36.7 Å². The summed E-state index contributed by atoms with van der Waals surface area (Å²) in [7, 11) is 0. The fourth-order valence-corrected chi connectivity index (χ4v) is 2.98. The molecule has 1 unspecified atom stereocenters. The molecule has 1 aliphatic rings. The summed E-state index contributed by atoms with van der Waals surface area (Å²) in [4.78, 5) is 38.2. The van der Waals surface area contributed by atoms with Gasteiger partial charge in [-0.1, -0.05) is 30.3 Å². The maximum atomic E-state index is 12.6. The van der Waals surface area contributed by atoms with E-state index in [4.69, 9.17) is 14.7 Å². The van der Waals surface area contributed by atoms with Crippen LogP contribution in [0.2, 0.25) is 0 Å². The van der Waals surface area contributed by atoms with Crippen LogP contribution < -0.4 is 10.2 Å². The summed E-state index contributed by atoms with van der Waals surface area (Å²) in [5.41, 5.74) is 1.95. The first-order valence-corrected chi connectivity index (χ1v) is 9.47. The van der Waals surface area contributed by atoms with Gasteiger partial charge in [-0.25, -0.2) is 9.59 Å². The molecule has 2 atom stereocenters. The Morgan fingerprint density at radius 2 is 1.90 bits per heavy atom. The maximum absolute atomic E-state index is 12.6. The van der Waals surface area contributed by atoms with E-state index >= 15 is 0 Å². The Kier molecular flexibility index (Phi) is 6.65. The molecule has 0 saturated carbocycles. The van der Waals surface area contributed by atoms with Gasteiger partial charge in [-0.15, -0.1) is 0 Å². The van der Waals surface area contributed by atoms with Crippen LogP contribution >= 0.6 is 0 Å². The Balaban J connectivity index is 1.48. The summed E-state index contributed by atoms with van der Waals surface area (Å²) in [5.74, 6) is -1.06. The highest BCUT2D eigenvalue weighted by atomic mass is 16.6. The summed E-state index contributed by atoms with van der Waals surface area (Å²) in [6.07, 6.45) is -1.33. The number of rotatable bonds is 6. The van der Waals surface area contributed by atoms with Gasteiger partial charge in [0.2, 0.25) is 0 Å². The van der Waals surface area contributed by atoms with E-state index < -0.39 is 24.2 Å². The van der Waals surface area contributed by atoms with Crippen LogP contribution in [0.15, 0.2) is 54.6 Å². The van der Waals surface area contributed by atoms with Crippen LogP contribution in [0.4, 0.5) is 10.5 Å². The van der Waals surface area contributed by atoms with Gasteiger partial charge >= 0.3 is 12.1 Å². The minimum absolute atomic E-state index is 0.0785. The van der Waals surface area contributed by atoms with Crippen LogP contribution in [0.1, 0.15) is 24.5 Å². The molecule has 2 amide bonds. The Labute approximate surface area is 174 Å². The Hall–Kier alpha value is -3.86. The van der Waals surface area contributed by atoms with E-state index in [1.54, 1.807) is 24.3 Å². The number of alkyl carbamates (subject to hydrolysis) is 1. The number of nitrogens with one attached hydrogen (secondary N) is 1. The molecule has 1 N–H and O–H groups in total. The van der Waals surface area contributed by atoms with Gasteiger partial charge < -0.3 is 19.7 Å². The molecule has 2 aromatic rings. The van der Waals surface area contributed by atoms with Crippen LogP contribution in [0.25, 0.3) is 0 Å². The second kappa shape index (κ2) is 9.56. The van der Waals surface area contributed by atoms with Crippen molar-refractivity contribution in [3.8, 4) is 6.07 Å². The number of amides is 2. The predicted octanol–water partition coefficient (Wildman–Crippen LogP) is 2.52. The number of carbonyl (C=O) groups is 3. The third kappa shape index (κ3) is 5.14. The number of ether oxygens (including phenoxy) is 2. The molecule has 0 aliphatic carbocycles. The van der Waals surface area contributed by atoms with Crippen molar-refractivity contribution in [1.82, 2.24) is 5.32 Å². The highest BCUT2D eigenvalue weighted by molar-refractivity contribution is 6.00. The lowest BCUT2D eigenvalue weighted by atomic mass is 10.2. The molecule has 8 heteroatoms. The molecular weight excluding hydrogens is 386 g/mol. The number of esters is 1. The third-order valence-electron chi connectivity index (χ3n) is 4.62. The summed E-state index contributed by atoms with van der Waals surface area (Å²) in [6.45, 7) is 1.93. The number of nitrogens with zero attached hydrogens (tertiary/aromatic N) is 2. The zero-order valence-electron chi connectivity index (χ0n) is 16.4. The van der Waals surface area contributed by atoms with Gasteiger partial charge in [0.25, 0.3) is 5.91 Å². The average Bonchev–Trinajstić information content (AvgIpc) is 3.13. The Morgan fingerprint density at radius 3 is 2.57 bits per heavy atom. The van der Waals surface area contributed by atoms with Gasteiger partial charge in [-0.2, -0.15) is 5.26 Å². The SMILES string of the molecule is C[C@H](NC(=O)OCc1ccccc1)C(=O)OC1CCN(c2ccc(C#N)cc2)C1=O. The van der Waals surface area contributed by atoms with Crippen LogP contribution in [0.3, 0.4) is 0 Å². The van der Waals surface area contributed by atoms with E-state index in [0.29, 0.717) is 24.2 Å². The normalized spacial score (nSPS) is 16.5. The van der Waals surface area contributed by atoms with E-state index in [1.165, 1.54) is 11.8 Å². The fraction of sp³-hybridized carbons (Fsp3) is 0.273. The molecule has 0 radical (unpaired) electrons. The third-order valence-corrected chi connectivity index (χ3v) is 4.62. The number of carbonyl (C=O) groups excluding carboxylic acids is 3. The standard InChI is InChI=1S/C22H21N3O5/c1-15(24-22(28)29-14-17-5-3-2-4-6-17)21(27)30-19-11-12-25(20(19)26)18-9-7-16(13-23)8-10-18/h2-10,15,19H,11-12,14H2,1H3,(H,24,28)/t15-,19?/m0/s1. The van der Waals surface area contributed by atoms with Crippen molar-refractivity contribution >= 4 is 23.7 Å². The van der Waals surface area contributed by atoms with Crippen molar-refractivity contribution in [2.45, 2.75) is 32.1 Å². The van der Waals surface area contributed by atoms with E-state index in [0.717, 1.165) is 5.56 Å². The topological polar surface area (TPSA) is 109 Å². The lowest BCUT2D eigenvalue weighted by Crippen LogP contribution is -2.42. The highest BCUT2D eigenvalue weighted by Crippen LogP contribution is 2.23. The molecular formula is C22H21N3O5. The molecule has 8 nitrogen and oxygen atoms in total. The van der Waals surface area contributed by atoms with Gasteiger partial charge in [-0.05, 0) is 36.8 Å². The van der Waals surface area contributed by atoms with Crippen molar-refractivity contribution in [2.24, 2.45) is 0 Å². The molecule has 1 aliphatic heterocycles. The smallest absolute Gasteiger partial charge is 0.408 e. The Bertz CT molecular complexity index is 953. The molecule has 1 saturated heterocycles. The van der Waals surface area contributed by atoms with Gasteiger partial charge in [0, 0.05) is 18.7 Å². The molecule has 0 spiro atoms. The average molecular weight is 407 g/mol. The van der Waals surface area contributed by atoms with Crippen molar-refractivity contribution in [1.29, 1.82) is 5.26 Å². The van der Waals surface area contributed by atoms with E-state index in [-0.39, 0.29) is 12.5 Å². The van der Waals surface area contributed by atoms with E-state index in [2.05, 4.69) is 5.32 Å². The van der Waals surface area contributed by atoms with Crippen molar-refractivity contribution in [3.05, 3.63) is 65.7 Å². The number of anilines is 1. The minimum atomic E-state index is -0.968. The predicted molar refractivity (Wildman–Crippen MR) is 107 cm³/mol. The zero-order chi connectivity index (χ0) is 21.5. The van der Waals surface area contributed by atoms with Crippen molar-refractivity contribution in [3.63, 3.8) is 0 Å². The first kappa shape index (κ1) is 20.9. The Morgan fingerprint density at radius 1 is 1.20 bits per heavy atom. The van der Waals surface area contributed by atoms with E-state index in [9.17, 15) is 14.4 Å². The summed E-state index contributed by atoms with van der Waals surface area (Å²) < 4.78 is 10.4. The largest absolute Gasteiger partial charge is 0.451 e. The van der Waals surface area contributed by atoms with Crippen LogP contribution in [-0.2, 0) is 25.7 Å². The van der Waals surface area contributed by atoms with Gasteiger partial charge in [0.15, 0.2) is 6.10 Å². The van der Waals surface area contributed by atoms with Crippen LogP contribution in [0, 0.1) is 11.3 Å². The summed E-state index contributed by atoms with van der Waals surface area (Å²) >= 11 is 0. The molecule has 0 bridgehead atoms. The minimum Gasteiger partial charge on any atom is -0.451 e. The molecule has 154 valence electrons. The van der Waals surface area contributed by atoms with Gasteiger partial charge in [0.05, 0.1) is 11.6 Å². The number of nitriles is 1. The van der Waals surface area contributed by atoms with Gasteiger partial charge in [-0.3, -0.25) is 4.79 Å². The second-order valence-corrected chi connectivity index (χ2v) is 6.79. The maximum Gasteiger partial charge on any atom is 0.408 e. The summed E-state index contributed by atoms with van der Waals surface area (Å²) in [5, 5.41) is 11.3. The highest BCUT2D eigenvalue weighted by Gasteiger charge is 2.36. The van der Waals surface area contributed by atoms with Crippen LogP contribution in [0.5, 0.6) is 0 Å². The molecule has 1 heterocycles. The second-order valence-electron chi connectivity index (χ2n) is 6.79.